The summed E-state index contributed by atoms with van der Waals surface area (Å²) in [6, 6.07) is 56.7. The molecule has 328 valence electrons. The van der Waals surface area contributed by atoms with Gasteiger partial charge in [0.15, 0.2) is 11.7 Å². The van der Waals surface area contributed by atoms with Gasteiger partial charge in [-0.1, -0.05) is 221 Å². The van der Waals surface area contributed by atoms with Crippen molar-refractivity contribution in [1.29, 1.82) is 0 Å². The highest BCUT2D eigenvalue weighted by molar-refractivity contribution is 6.14. The normalized spacial score (nSPS) is 12.0. The van der Waals surface area contributed by atoms with E-state index in [1.807, 2.05) is 74.7 Å². The van der Waals surface area contributed by atoms with Crippen LogP contribution in [0.15, 0.2) is 246 Å². The Bertz CT molecular complexity index is 2580. The molecule has 6 aromatic carbocycles. The van der Waals surface area contributed by atoms with Crippen molar-refractivity contribution in [3.05, 3.63) is 247 Å². The average molecular weight is 852 g/mol. The number of terminal acetylenes is 1. The fraction of sp³-hybridized carbons (Fsp3) is 0.145. The van der Waals surface area contributed by atoms with Gasteiger partial charge in [-0.15, -0.1) is 19.4 Å². The van der Waals surface area contributed by atoms with Gasteiger partial charge in [0.2, 0.25) is 0 Å². The van der Waals surface area contributed by atoms with E-state index in [1.165, 1.54) is 33.4 Å². The first kappa shape index (κ1) is 51.7. The lowest BCUT2D eigenvalue weighted by Crippen LogP contribution is -2.05. The molecule has 0 bridgehead atoms. The zero-order chi connectivity index (χ0) is 46.9. The van der Waals surface area contributed by atoms with E-state index in [-0.39, 0.29) is 0 Å². The summed E-state index contributed by atoms with van der Waals surface area (Å²) >= 11 is 0. The second kappa shape index (κ2) is 31.2. The van der Waals surface area contributed by atoms with Gasteiger partial charge in [0.1, 0.15) is 0 Å². The first-order valence-electron chi connectivity index (χ1n) is 22.4. The molecule has 6 aromatic rings. The molecular formula is C62H65N3. The van der Waals surface area contributed by atoms with Crippen molar-refractivity contribution in [3.63, 3.8) is 0 Å². The minimum atomic E-state index is 0.614. The molecule has 0 spiro atoms. The van der Waals surface area contributed by atoms with E-state index in [4.69, 9.17) is 9.98 Å². The van der Waals surface area contributed by atoms with Crippen LogP contribution >= 0.6 is 0 Å². The van der Waals surface area contributed by atoms with Gasteiger partial charge in [-0.25, -0.2) is 9.98 Å². The van der Waals surface area contributed by atoms with Crippen molar-refractivity contribution in [1.82, 2.24) is 0 Å². The third kappa shape index (κ3) is 17.9. The molecule has 6 rings (SSSR count). The predicted molar refractivity (Wildman–Crippen MR) is 289 cm³/mol. The van der Waals surface area contributed by atoms with Crippen molar-refractivity contribution in [2.45, 2.75) is 53.9 Å². The summed E-state index contributed by atoms with van der Waals surface area (Å²) < 4.78 is 0. The van der Waals surface area contributed by atoms with Crippen LogP contribution in [0.2, 0.25) is 0 Å². The van der Waals surface area contributed by atoms with Crippen LogP contribution in [-0.2, 0) is 0 Å². The molecule has 0 saturated heterocycles. The van der Waals surface area contributed by atoms with Crippen LogP contribution in [-0.4, -0.2) is 24.9 Å². The molecule has 0 atom stereocenters. The van der Waals surface area contributed by atoms with Gasteiger partial charge < -0.3 is 0 Å². The summed E-state index contributed by atoms with van der Waals surface area (Å²) in [4.78, 5) is 14.3. The molecule has 0 fully saturated rings. The number of hydrogen-bond donors (Lipinski definition) is 0. The van der Waals surface area contributed by atoms with Crippen LogP contribution < -0.4 is 0 Å². The monoisotopic (exact) mass is 852 g/mol. The highest BCUT2D eigenvalue weighted by Crippen LogP contribution is 2.28. The zero-order valence-corrected chi connectivity index (χ0v) is 39.2. The van der Waals surface area contributed by atoms with E-state index >= 15 is 0 Å². The number of nitrogens with zero attached hydrogens (tertiary/aromatic N) is 3. The molecule has 0 amide bonds. The molecule has 3 nitrogen and oxygen atoms in total. The van der Waals surface area contributed by atoms with Crippen LogP contribution in [0.25, 0.3) is 39.0 Å². The Hall–Kier alpha value is -7.67. The van der Waals surface area contributed by atoms with E-state index < -0.39 is 0 Å². The summed E-state index contributed by atoms with van der Waals surface area (Å²) in [5, 5.41) is 0. The topological polar surface area (TPSA) is 37.1 Å². The SMILES string of the molecule is C#C.C/C=C\C(=C/CC)c1cccc(-c2ccccc2)c1.C=CC/C=C\C=C/C/C=C(\C)C=NC(=NC(=NC)c1cccc(-c2cccc(-c3ccccc3)c2)c1)c1ccccc1.CC. The maximum absolute atomic E-state index is 4.96. The van der Waals surface area contributed by atoms with Crippen molar-refractivity contribution < 1.29 is 0 Å². The number of rotatable bonds is 14. The molecule has 0 radical (unpaired) electrons. The van der Waals surface area contributed by atoms with Gasteiger partial charge in [-0.2, -0.15) is 0 Å². The zero-order valence-electron chi connectivity index (χ0n) is 39.2. The molecule has 0 aliphatic rings. The molecule has 0 aliphatic carbocycles. The van der Waals surface area contributed by atoms with Gasteiger partial charge >= 0.3 is 0 Å². The number of aliphatic imine (C=N–C) groups is 3. The minimum absolute atomic E-state index is 0.614. The third-order valence-corrected chi connectivity index (χ3v) is 9.61. The second-order valence-corrected chi connectivity index (χ2v) is 14.2. The van der Waals surface area contributed by atoms with Gasteiger partial charge in [-0.3, -0.25) is 4.99 Å². The smallest absolute Gasteiger partial charge is 0.161 e. The molecule has 3 heteroatoms. The fourth-order valence-electron chi connectivity index (χ4n) is 6.52. The Balaban J connectivity index is 0.000000406. The molecule has 0 heterocycles. The quantitative estimate of drug-likeness (QED) is 0.0344. The number of amidine groups is 2. The van der Waals surface area contributed by atoms with Crippen molar-refractivity contribution in [3.8, 4) is 46.2 Å². The van der Waals surface area contributed by atoms with E-state index in [0.717, 1.165) is 47.1 Å². The van der Waals surface area contributed by atoms with Crippen LogP contribution in [0.3, 0.4) is 0 Å². The molecule has 0 aliphatic heterocycles. The Morgan fingerprint density at radius 3 is 1.57 bits per heavy atom. The molecule has 0 unspecified atom stereocenters. The third-order valence-electron chi connectivity index (χ3n) is 9.61. The first-order valence-corrected chi connectivity index (χ1v) is 22.4. The van der Waals surface area contributed by atoms with E-state index in [0.29, 0.717) is 11.7 Å². The lowest BCUT2D eigenvalue weighted by atomic mass is 9.98. The van der Waals surface area contributed by atoms with E-state index in [2.05, 4.69) is 209 Å². The fourth-order valence-corrected chi connectivity index (χ4v) is 6.52. The largest absolute Gasteiger partial charge is 0.270 e. The van der Waals surface area contributed by atoms with Crippen LogP contribution in [0, 0.1) is 12.8 Å². The van der Waals surface area contributed by atoms with Gasteiger partial charge in [0.05, 0.1) is 0 Å². The standard InChI is InChI=1S/C39H37N3.C19H20.C2H6.C2H2/c1-4-5-6-7-8-9-12-19-31(2)30-41-39(33-22-15-11-16-23-33)42-38(40-3)37-27-18-26-36(29-37)35-25-17-24-34(28-35)32-20-13-10-14-21-32;1-3-9-16(10-4-2)18-13-8-14-19(15-18)17-11-6-5-7-12-17;2*1-2/h4,6-11,13-30H,1,5,12H2,2-3H3;3,5-15H,4H2,1-2H3;1-2H3;1-2H/b7-6-,9-8-,31-19+,40-38?,41-30?,42-39?;9-3-,16-10+;;. The first-order chi connectivity index (χ1) is 32.0. The number of allylic oxidation sites excluding steroid dienone is 11. The molecular weight excluding hydrogens is 787 g/mol. The van der Waals surface area contributed by atoms with E-state index in [1.54, 1.807) is 7.05 Å². The molecule has 0 saturated carbocycles. The summed E-state index contributed by atoms with van der Waals surface area (Å²) in [6.45, 7) is 14.0. The molecule has 65 heavy (non-hydrogen) atoms. The van der Waals surface area contributed by atoms with Gasteiger partial charge in [-0.05, 0) is 101 Å². The predicted octanol–water partition coefficient (Wildman–Crippen LogP) is 16.9. The Kier molecular flexibility index (Phi) is 24.8. The highest BCUT2D eigenvalue weighted by Gasteiger charge is 2.09. The molecule has 0 N–H and O–H groups in total. The second-order valence-electron chi connectivity index (χ2n) is 14.2. The van der Waals surface area contributed by atoms with Gasteiger partial charge in [0, 0.05) is 24.4 Å². The average Bonchev–Trinajstić information content (AvgIpc) is 3.38. The number of benzene rings is 6. The van der Waals surface area contributed by atoms with E-state index in [9.17, 15) is 0 Å². The Morgan fingerprint density at radius 1 is 0.554 bits per heavy atom. The lowest BCUT2D eigenvalue weighted by Gasteiger charge is -2.09. The summed E-state index contributed by atoms with van der Waals surface area (Å²) in [7, 11) is 1.77. The summed E-state index contributed by atoms with van der Waals surface area (Å²) in [5.74, 6) is 1.24. The van der Waals surface area contributed by atoms with Crippen molar-refractivity contribution >= 4 is 23.5 Å². The van der Waals surface area contributed by atoms with Crippen molar-refractivity contribution in [2.24, 2.45) is 15.0 Å². The highest BCUT2D eigenvalue weighted by atomic mass is 15.0. The van der Waals surface area contributed by atoms with Gasteiger partial charge in [0.25, 0.3) is 0 Å². The Labute approximate surface area is 391 Å². The number of hydrogen-bond acceptors (Lipinski definition) is 1. The minimum Gasteiger partial charge on any atom is -0.270 e. The van der Waals surface area contributed by atoms with Crippen molar-refractivity contribution in [2.75, 3.05) is 7.05 Å². The maximum Gasteiger partial charge on any atom is 0.161 e. The Morgan fingerprint density at radius 2 is 1.02 bits per heavy atom. The summed E-state index contributed by atoms with van der Waals surface area (Å²) in [6.07, 6.45) is 31.5. The maximum atomic E-state index is 4.96. The van der Waals surface area contributed by atoms with Crippen LogP contribution in [0.1, 0.15) is 70.6 Å². The lowest BCUT2D eigenvalue weighted by molar-refractivity contribution is 1.23. The molecule has 0 aromatic heterocycles. The van der Waals surface area contributed by atoms with Crippen LogP contribution in [0.5, 0.6) is 0 Å². The summed E-state index contributed by atoms with van der Waals surface area (Å²) in [5.41, 5.74) is 12.7. The van der Waals surface area contributed by atoms with Crippen LogP contribution in [0.4, 0.5) is 0 Å².